The average molecular weight is 248 g/mol. The number of fused-ring (bicyclic) bond motifs is 1. The molecule has 0 aliphatic carbocycles. The first kappa shape index (κ1) is 11.8. The van der Waals surface area contributed by atoms with Crippen molar-refractivity contribution in [2.45, 2.75) is 6.54 Å². The van der Waals surface area contributed by atoms with Gasteiger partial charge in [0.2, 0.25) is 0 Å². The Bertz CT molecular complexity index is 424. The molecule has 0 saturated carbocycles. The van der Waals surface area contributed by atoms with E-state index in [0.717, 1.165) is 37.0 Å². The van der Waals surface area contributed by atoms with Gasteiger partial charge in [-0.15, -0.1) is 0 Å². The van der Waals surface area contributed by atoms with Gasteiger partial charge in [-0.25, -0.2) is 0 Å². The van der Waals surface area contributed by atoms with E-state index in [2.05, 4.69) is 10.2 Å². The molecule has 0 radical (unpaired) electrons. The fraction of sp³-hybridized carbons (Fsp3) is 0.571. The molecule has 1 aromatic rings. The fourth-order valence-electron chi connectivity index (χ4n) is 3.17. The third-order valence-corrected chi connectivity index (χ3v) is 4.11. The van der Waals surface area contributed by atoms with E-state index in [1.807, 2.05) is 18.2 Å². The maximum absolute atomic E-state index is 9.77. The van der Waals surface area contributed by atoms with Crippen LogP contribution in [0.2, 0.25) is 0 Å². The lowest BCUT2D eigenvalue weighted by atomic mass is 10.0. The zero-order chi connectivity index (χ0) is 12.5. The van der Waals surface area contributed by atoms with Crippen molar-refractivity contribution in [2.24, 2.45) is 11.8 Å². The Morgan fingerprint density at radius 1 is 1.33 bits per heavy atom. The van der Waals surface area contributed by atoms with Gasteiger partial charge in [0.15, 0.2) is 11.5 Å². The fourth-order valence-corrected chi connectivity index (χ4v) is 3.17. The molecule has 2 unspecified atom stereocenters. The van der Waals surface area contributed by atoms with Crippen molar-refractivity contribution in [3.63, 3.8) is 0 Å². The van der Waals surface area contributed by atoms with Gasteiger partial charge >= 0.3 is 0 Å². The Morgan fingerprint density at radius 2 is 2.06 bits per heavy atom. The van der Waals surface area contributed by atoms with E-state index in [9.17, 15) is 5.11 Å². The normalized spacial score (nSPS) is 27.4. The highest BCUT2D eigenvalue weighted by Gasteiger charge is 2.35. The van der Waals surface area contributed by atoms with Crippen LogP contribution >= 0.6 is 0 Å². The van der Waals surface area contributed by atoms with E-state index in [4.69, 9.17) is 4.74 Å². The largest absolute Gasteiger partial charge is 0.504 e. The summed E-state index contributed by atoms with van der Waals surface area (Å²) in [5, 5.41) is 13.2. The summed E-state index contributed by atoms with van der Waals surface area (Å²) in [6, 6.07) is 5.68. The summed E-state index contributed by atoms with van der Waals surface area (Å²) in [5.74, 6) is 2.41. The van der Waals surface area contributed by atoms with Crippen molar-refractivity contribution in [3.05, 3.63) is 23.8 Å². The molecule has 4 nitrogen and oxygen atoms in total. The van der Waals surface area contributed by atoms with E-state index < -0.39 is 0 Å². The Hall–Kier alpha value is -1.26. The Kier molecular flexibility index (Phi) is 3.14. The number of nitrogens with one attached hydrogen (secondary N) is 1. The van der Waals surface area contributed by atoms with Gasteiger partial charge in [-0.1, -0.05) is 6.07 Å². The van der Waals surface area contributed by atoms with Crippen LogP contribution in [0.5, 0.6) is 11.5 Å². The van der Waals surface area contributed by atoms with Crippen LogP contribution in [-0.4, -0.2) is 43.3 Å². The van der Waals surface area contributed by atoms with Crippen LogP contribution in [0.15, 0.2) is 18.2 Å². The second-order valence-electron chi connectivity index (χ2n) is 5.38. The lowest BCUT2D eigenvalue weighted by molar-refractivity contribution is 0.304. The molecule has 2 fully saturated rings. The Morgan fingerprint density at radius 3 is 2.67 bits per heavy atom. The monoisotopic (exact) mass is 248 g/mol. The zero-order valence-electron chi connectivity index (χ0n) is 10.7. The standard InChI is InChI=1S/C14H20N2O2/c1-18-14-3-2-10(4-13(14)17)7-16-8-11-5-15-6-12(11)9-16/h2-4,11-12,15,17H,5-9H2,1H3. The van der Waals surface area contributed by atoms with E-state index in [-0.39, 0.29) is 5.75 Å². The molecule has 0 aromatic heterocycles. The van der Waals surface area contributed by atoms with Crippen LogP contribution in [0.4, 0.5) is 0 Å². The summed E-state index contributed by atoms with van der Waals surface area (Å²) in [4.78, 5) is 2.48. The first-order chi connectivity index (χ1) is 8.76. The molecule has 98 valence electrons. The highest BCUT2D eigenvalue weighted by Crippen LogP contribution is 2.30. The third-order valence-electron chi connectivity index (χ3n) is 4.11. The van der Waals surface area contributed by atoms with Gasteiger partial charge in [0.25, 0.3) is 0 Å². The number of benzene rings is 1. The van der Waals surface area contributed by atoms with E-state index in [0.29, 0.717) is 5.75 Å². The van der Waals surface area contributed by atoms with Crippen molar-refractivity contribution in [2.75, 3.05) is 33.3 Å². The number of phenols is 1. The minimum absolute atomic E-state index is 0.232. The highest BCUT2D eigenvalue weighted by atomic mass is 16.5. The van der Waals surface area contributed by atoms with Crippen LogP contribution in [0.1, 0.15) is 5.56 Å². The van der Waals surface area contributed by atoms with Crippen molar-refractivity contribution < 1.29 is 9.84 Å². The Balaban J connectivity index is 1.65. The first-order valence-electron chi connectivity index (χ1n) is 6.55. The molecule has 2 aliphatic rings. The van der Waals surface area contributed by atoms with Crippen LogP contribution in [0.3, 0.4) is 0 Å². The molecule has 2 atom stereocenters. The SMILES string of the molecule is COc1ccc(CN2CC3CNCC3C2)cc1O. The van der Waals surface area contributed by atoms with Crippen molar-refractivity contribution >= 4 is 0 Å². The molecule has 2 saturated heterocycles. The summed E-state index contributed by atoms with van der Waals surface area (Å²) in [6.45, 7) is 5.59. The number of methoxy groups -OCH3 is 1. The summed E-state index contributed by atoms with van der Waals surface area (Å²) in [5.41, 5.74) is 1.15. The van der Waals surface area contributed by atoms with E-state index in [1.54, 1.807) is 7.11 Å². The lowest BCUT2D eigenvalue weighted by Crippen LogP contribution is -2.25. The maximum Gasteiger partial charge on any atom is 0.160 e. The molecule has 0 spiro atoms. The zero-order valence-corrected chi connectivity index (χ0v) is 10.7. The summed E-state index contributed by atoms with van der Waals surface area (Å²) in [7, 11) is 1.57. The smallest absolute Gasteiger partial charge is 0.160 e. The highest BCUT2D eigenvalue weighted by molar-refractivity contribution is 5.41. The molecule has 2 heterocycles. The predicted octanol–water partition coefficient (Wildman–Crippen LogP) is 1.05. The number of ether oxygens (including phenoxy) is 1. The number of hydrogen-bond acceptors (Lipinski definition) is 4. The minimum Gasteiger partial charge on any atom is -0.504 e. The third kappa shape index (κ3) is 2.18. The van der Waals surface area contributed by atoms with Crippen molar-refractivity contribution in [3.8, 4) is 11.5 Å². The molecule has 1 aromatic carbocycles. The topological polar surface area (TPSA) is 44.7 Å². The van der Waals surface area contributed by atoms with Crippen molar-refractivity contribution in [1.29, 1.82) is 0 Å². The first-order valence-corrected chi connectivity index (χ1v) is 6.55. The van der Waals surface area contributed by atoms with Crippen molar-refractivity contribution in [1.82, 2.24) is 10.2 Å². The molecule has 3 rings (SSSR count). The number of hydrogen-bond donors (Lipinski definition) is 2. The number of nitrogens with zero attached hydrogens (tertiary/aromatic N) is 1. The average Bonchev–Trinajstić information content (AvgIpc) is 2.90. The molecule has 2 aliphatic heterocycles. The van der Waals surface area contributed by atoms with Crippen LogP contribution < -0.4 is 10.1 Å². The van der Waals surface area contributed by atoms with Crippen LogP contribution in [-0.2, 0) is 6.54 Å². The number of aromatic hydroxyl groups is 1. The van der Waals surface area contributed by atoms with Gasteiger partial charge in [-0.3, -0.25) is 4.90 Å². The second kappa shape index (κ2) is 4.78. The number of phenolic OH excluding ortho intramolecular Hbond substituents is 1. The molecule has 0 amide bonds. The predicted molar refractivity (Wildman–Crippen MR) is 69.8 cm³/mol. The second-order valence-corrected chi connectivity index (χ2v) is 5.38. The molecular weight excluding hydrogens is 228 g/mol. The van der Waals surface area contributed by atoms with Gasteiger partial charge in [-0.05, 0) is 42.6 Å². The maximum atomic E-state index is 9.77. The van der Waals surface area contributed by atoms with Gasteiger partial charge in [0.05, 0.1) is 7.11 Å². The molecule has 18 heavy (non-hydrogen) atoms. The summed E-state index contributed by atoms with van der Waals surface area (Å²) in [6.07, 6.45) is 0. The molecule has 4 heteroatoms. The van der Waals surface area contributed by atoms with E-state index in [1.165, 1.54) is 13.1 Å². The molecular formula is C14H20N2O2. The Labute approximate surface area is 108 Å². The summed E-state index contributed by atoms with van der Waals surface area (Å²) >= 11 is 0. The van der Waals surface area contributed by atoms with Crippen LogP contribution in [0, 0.1) is 11.8 Å². The van der Waals surface area contributed by atoms with Gasteiger partial charge in [0, 0.05) is 19.6 Å². The lowest BCUT2D eigenvalue weighted by Gasteiger charge is -2.17. The van der Waals surface area contributed by atoms with Gasteiger partial charge in [0.1, 0.15) is 0 Å². The van der Waals surface area contributed by atoms with Crippen LogP contribution in [0.25, 0.3) is 0 Å². The van der Waals surface area contributed by atoms with Gasteiger partial charge in [-0.2, -0.15) is 0 Å². The minimum atomic E-state index is 0.232. The van der Waals surface area contributed by atoms with E-state index >= 15 is 0 Å². The summed E-state index contributed by atoms with van der Waals surface area (Å²) < 4.78 is 5.06. The van der Waals surface area contributed by atoms with Gasteiger partial charge < -0.3 is 15.2 Å². The quantitative estimate of drug-likeness (QED) is 0.839. The number of rotatable bonds is 3. The number of likely N-dealkylation sites (tertiary alicyclic amines) is 1. The molecule has 2 N–H and O–H groups in total. The molecule has 0 bridgehead atoms.